The highest BCUT2D eigenvalue weighted by Gasteiger charge is 2.37. The fraction of sp³-hybridized carbons (Fsp3) is 0.909. The van der Waals surface area contributed by atoms with Crippen LogP contribution in [0.15, 0.2) is 0 Å². The minimum Gasteiger partial charge on any atom is -0.332 e. The van der Waals surface area contributed by atoms with Gasteiger partial charge in [0.2, 0.25) is 0 Å². The molecule has 0 radical (unpaired) electrons. The summed E-state index contributed by atoms with van der Waals surface area (Å²) in [5, 5.41) is 0. The molecule has 3 nitrogen and oxygen atoms in total. The molecule has 2 rings (SSSR count). The van der Waals surface area contributed by atoms with Crippen LogP contribution in [0, 0.1) is 0 Å². The summed E-state index contributed by atoms with van der Waals surface area (Å²) in [6, 6.07) is 0.212. The number of carbonyl (C=O) groups excluding carboxylic acids is 1. The third-order valence-corrected chi connectivity index (χ3v) is 3.66. The smallest absolute Gasteiger partial charge is 0.315 e. The van der Waals surface area contributed by atoms with Crippen LogP contribution in [0.25, 0.3) is 0 Å². The molecule has 2 aliphatic heterocycles. The van der Waals surface area contributed by atoms with Gasteiger partial charge in [0.1, 0.15) is 0 Å². The third kappa shape index (κ3) is 2.19. The van der Waals surface area contributed by atoms with E-state index in [0.717, 1.165) is 25.9 Å². The van der Waals surface area contributed by atoms with Gasteiger partial charge in [-0.15, -0.1) is 0 Å². The van der Waals surface area contributed by atoms with Crippen molar-refractivity contribution >= 4 is 5.91 Å². The molecule has 2 fully saturated rings. The molecule has 0 saturated carbocycles. The molecule has 0 aromatic carbocycles. The van der Waals surface area contributed by atoms with Crippen molar-refractivity contribution in [2.24, 2.45) is 0 Å². The second kappa shape index (κ2) is 4.65. The van der Waals surface area contributed by atoms with E-state index in [-0.39, 0.29) is 6.04 Å². The number of carbonyl (C=O) groups is 1. The molecule has 0 aliphatic carbocycles. The van der Waals surface area contributed by atoms with E-state index in [9.17, 15) is 13.6 Å². The highest BCUT2D eigenvalue weighted by molar-refractivity contribution is 5.79. The minimum atomic E-state index is -2.86. The highest BCUT2D eigenvalue weighted by Crippen LogP contribution is 2.24. The molecule has 2 atom stereocenters. The van der Waals surface area contributed by atoms with Gasteiger partial charge in [0, 0.05) is 25.2 Å². The number of fused-ring (bicyclic) bond motifs is 1. The number of piperazine rings is 1. The quantitative estimate of drug-likeness (QED) is 0.681. The lowest BCUT2D eigenvalue weighted by Crippen LogP contribution is -2.60. The molecule has 2 aliphatic rings. The van der Waals surface area contributed by atoms with Crippen LogP contribution in [-0.4, -0.2) is 53.9 Å². The molecule has 1 amide bonds. The lowest BCUT2D eigenvalue weighted by Gasteiger charge is -2.47. The van der Waals surface area contributed by atoms with Gasteiger partial charge in [0.15, 0.2) is 0 Å². The van der Waals surface area contributed by atoms with E-state index < -0.39 is 12.3 Å². The summed E-state index contributed by atoms with van der Waals surface area (Å²) < 4.78 is 24.8. The van der Waals surface area contributed by atoms with Gasteiger partial charge in [-0.25, -0.2) is 0 Å². The van der Waals surface area contributed by atoms with Crippen molar-refractivity contribution in [3.05, 3.63) is 0 Å². The number of hydrogen-bond donors (Lipinski definition) is 0. The Balaban J connectivity index is 2.03. The van der Waals surface area contributed by atoms with E-state index in [1.807, 2.05) is 6.92 Å². The maximum atomic E-state index is 12.4. The number of halogens is 2. The average Bonchev–Trinajstić information content (AvgIpc) is 2.27. The maximum absolute atomic E-state index is 12.4. The first-order valence-corrected chi connectivity index (χ1v) is 5.92. The largest absolute Gasteiger partial charge is 0.332 e. The second-order valence-electron chi connectivity index (χ2n) is 4.78. The molecule has 2 unspecified atom stereocenters. The van der Waals surface area contributed by atoms with E-state index >= 15 is 0 Å². The van der Waals surface area contributed by atoms with Crippen LogP contribution in [-0.2, 0) is 4.79 Å². The second-order valence-corrected chi connectivity index (χ2v) is 4.78. The molecule has 0 N–H and O–H groups in total. The summed E-state index contributed by atoms with van der Waals surface area (Å²) in [6.07, 6.45) is 0.496. The Kier molecular flexibility index (Phi) is 3.42. The summed E-state index contributed by atoms with van der Waals surface area (Å²) in [5.41, 5.74) is 0. The molecule has 16 heavy (non-hydrogen) atoms. The monoisotopic (exact) mass is 232 g/mol. The Hall–Kier alpha value is -0.710. The van der Waals surface area contributed by atoms with Gasteiger partial charge in [0.05, 0.1) is 0 Å². The summed E-state index contributed by atoms with van der Waals surface area (Å²) >= 11 is 0. The minimum absolute atomic E-state index is 0.0872. The van der Waals surface area contributed by atoms with Crippen LogP contribution in [0.2, 0.25) is 0 Å². The van der Waals surface area contributed by atoms with Crippen molar-refractivity contribution in [2.75, 3.05) is 19.6 Å². The third-order valence-electron chi connectivity index (χ3n) is 3.66. The highest BCUT2D eigenvalue weighted by atomic mass is 19.3. The van der Waals surface area contributed by atoms with Crippen molar-refractivity contribution < 1.29 is 13.6 Å². The summed E-state index contributed by atoms with van der Waals surface area (Å²) in [7, 11) is 0. The van der Waals surface area contributed by atoms with Crippen LogP contribution in [0.3, 0.4) is 0 Å². The molecule has 0 aromatic heterocycles. The average molecular weight is 232 g/mol. The molecule has 92 valence electrons. The number of rotatable bonds is 1. The molecule has 2 heterocycles. The van der Waals surface area contributed by atoms with Crippen LogP contribution < -0.4 is 0 Å². The van der Waals surface area contributed by atoms with Crippen LogP contribution in [0.1, 0.15) is 26.2 Å². The van der Waals surface area contributed by atoms with Crippen molar-refractivity contribution in [1.29, 1.82) is 0 Å². The van der Waals surface area contributed by atoms with Crippen molar-refractivity contribution in [1.82, 2.24) is 9.80 Å². The predicted octanol–water partition coefficient (Wildman–Crippen LogP) is 1.34. The van der Waals surface area contributed by atoms with Crippen LogP contribution in [0.5, 0.6) is 0 Å². The van der Waals surface area contributed by atoms with Gasteiger partial charge in [-0.3, -0.25) is 9.69 Å². The van der Waals surface area contributed by atoms with E-state index in [1.165, 1.54) is 11.3 Å². The Morgan fingerprint density at radius 1 is 1.31 bits per heavy atom. The van der Waals surface area contributed by atoms with Crippen LogP contribution in [0.4, 0.5) is 8.78 Å². The van der Waals surface area contributed by atoms with Crippen LogP contribution >= 0.6 is 0 Å². The van der Waals surface area contributed by atoms with E-state index in [0.29, 0.717) is 12.6 Å². The zero-order chi connectivity index (χ0) is 11.7. The zero-order valence-electron chi connectivity index (χ0n) is 9.53. The number of piperidine rings is 1. The van der Waals surface area contributed by atoms with E-state index in [2.05, 4.69) is 4.90 Å². The SMILES string of the molecule is CC1CN2CCCCC2CN1C(=O)C(F)F. The predicted molar refractivity (Wildman–Crippen MR) is 56.4 cm³/mol. The molecule has 2 saturated heterocycles. The molecular weight excluding hydrogens is 214 g/mol. The Morgan fingerprint density at radius 2 is 2.06 bits per heavy atom. The Morgan fingerprint density at radius 3 is 2.75 bits per heavy atom. The number of nitrogens with zero attached hydrogens (tertiary/aromatic N) is 2. The van der Waals surface area contributed by atoms with Crippen molar-refractivity contribution in [3.63, 3.8) is 0 Å². The van der Waals surface area contributed by atoms with Gasteiger partial charge < -0.3 is 4.90 Å². The summed E-state index contributed by atoms with van der Waals surface area (Å²) in [5.74, 6) is -1.00. The first kappa shape index (κ1) is 11.8. The number of hydrogen-bond acceptors (Lipinski definition) is 2. The standard InChI is InChI=1S/C11H18F2N2O/c1-8-6-14-5-3-2-4-9(14)7-15(8)11(16)10(12)13/h8-10H,2-7H2,1H3. The molecule has 5 heteroatoms. The normalized spacial score (nSPS) is 31.6. The fourth-order valence-electron chi connectivity index (χ4n) is 2.78. The molecular formula is C11H18F2N2O. The lowest BCUT2D eigenvalue weighted by atomic mass is 9.97. The van der Waals surface area contributed by atoms with Gasteiger partial charge in [-0.2, -0.15) is 8.78 Å². The van der Waals surface area contributed by atoms with E-state index in [1.54, 1.807) is 0 Å². The van der Waals surface area contributed by atoms with Gasteiger partial charge in [0.25, 0.3) is 5.91 Å². The summed E-state index contributed by atoms with van der Waals surface area (Å²) in [6.45, 7) is 4.12. The summed E-state index contributed by atoms with van der Waals surface area (Å²) in [4.78, 5) is 15.0. The Labute approximate surface area is 94.4 Å². The van der Waals surface area contributed by atoms with Gasteiger partial charge in [-0.05, 0) is 26.3 Å². The molecule has 0 spiro atoms. The number of amides is 1. The van der Waals surface area contributed by atoms with Gasteiger partial charge in [-0.1, -0.05) is 6.42 Å². The zero-order valence-corrected chi connectivity index (χ0v) is 9.53. The maximum Gasteiger partial charge on any atom is 0.315 e. The molecule has 0 bridgehead atoms. The lowest BCUT2D eigenvalue weighted by molar-refractivity contribution is -0.149. The first-order chi connectivity index (χ1) is 7.59. The fourth-order valence-corrected chi connectivity index (χ4v) is 2.78. The topological polar surface area (TPSA) is 23.6 Å². The first-order valence-electron chi connectivity index (χ1n) is 5.92. The number of alkyl halides is 2. The Bertz CT molecular complexity index is 273. The van der Waals surface area contributed by atoms with Crippen molar-refractivity contribution in [2.45, 2.75) is 44.7 Å². The van der Waals surface area contributed by atoms with Gasteiger partial charge >= 0.3 is 6.43 Å². The van der Waals surface area contributed by atoms with Crippen molar-refractivity contribution in [3.8, 4) is 0 Å². The van der Waals surface area contributed by atoms with E-state index in [4.69, 9.17) is 0 Å². The molecule has 0 aromatic rings.